The summed E-state index contributed by atoms with van der Waals surface area (Å²) < 4.78 is 0.809. The summed E-state index contributed by atoms with van der Waals surface area (Å²) in [5, 5.41) is 3.91. The number of carbonyl (C=O) groups excluding carboxylic acids is 1. The molecule has 0 amide bonds. The number of thiocarbonyl (C=S) groups is 1. The van der Waals surface area contributed by atoms with Crippen molar-refractivity contribution in [1.29, 1.82) is 0 Å². The highest BCUT2D eigenvalue weighted by atomic mass is 35.5. The lowest BCUT2D eigenvalue weighted by Crippen LogP contribution is -2.45. The Hall–Kier alpha value is -0.620. The van der Waals surface area contributed by atoms with E-state index in [1.54, 1.807) is 24.3 Å². The first-order chi connectivity index (χ1) is 9.16. The van der Waals surface area contributed by atoms with Crippen LogP contribution in [0.3, 0.4) is 0 Å². The van der Waals surface area contributed by atoms with Crippen molar-refractivity contribution in [2.24, 2.45) is 0 Å². The van der Waals surface area contributed by atoms with Crippen LogP contribution in [0.15, 0.2) is 24.3 Å². The van der Waals surface area contributed by atoms with E-state index in [1.165, 1.54) is 11.8 Å². The molecule has 0 radical (unpaired) electrons. The van der Waals surface area contributed by atoms with Crippen LogP contribution in [0.5, 0.6) is 0 Å². The van der Waals surface area contributed by atoms with Crippen molar-refractivity contribution in [1.82, 2.24) is 10.2 Å². The molecule has 1 fully saturated rings. The van der Waals surface area contributed by atoms with Crippen LogP contribution < -0.4 is 5.32 Å². The van der Waals surface area contributed by atoms with E-state index < -0.39 is 0 Å². The molecule has 102 valence electrons. The summed E-state index contributed by atoms with van der Waals surface area (Å²) in [6, 6.07) is 6.96. The van der Waals surface area contributed by atoms with Gasteiger partial charge in [0.15, 0.2) is 5.78 Å². The minimum atomic E-state index is 0.0825. The number of hydrogen-bond acceptors (Lipinski definition) is 4. The van der Waals surface area contributed by atoms with E-state index in [-0.39, 0.29) is 5.78 Å². The fraction of sp³-hybridized carbons (Fsp3) is 0.385. The van der Waals surface area contributed by atoms with Crippen LogP contribution in [0.4, 0.5) is 0 Å². The molecule has 1 N–H and O–H groups in total. The first kappa shape index (κ1) is 14.8. The molecule has 3 nitrogen and oxygen atoms in total. The molecule has 0 bridgehead atoms. The van der Waals surface area contributed by atoms with Crippen LogP contribution in [0.2, 0.25) is 5.02 Å². The lowest BCUT2D eigenvalue weighted by Gasteiger charge is -2.29. The molecule has 1 saturated heterocycles. The van der Waals surface area contributed by atoms with Crippen molar-refractivity contribution in [2.45, 2.75) is 0 Å². The van der Waals surface area contributed by atoms with Gasteiger partial charge in [0, 0.05) is 36.8 Å². The first-order valence-electron chi connectivity index (χ1n) is 6.08. The SMILES string of the molecule is O=C(CSC(=S)N1CCNCC1)c1ccc(Cl)cc1. The molecule has 0 unspecified atom stereocenters. The first-order valence-corrected chi connectivity index (χ1v) is 7.85. The number of thioether (sulfide) groups is 1. The molecule has 0 saturated carbocycles. The van der Waals surface area contributed by atoms with Crippen LogP contribution in [0.25, 0.3) is 0 Å². The molecule has 0 atom stereocenters. The minimum Gasteiger partial charge on any atom is -0.355 e. The molecule has 1 aliphatic rings. The third-order valence-corrected chi connectivity index (χ3v) is 4.64. The zero-order valence-corrected chi connectivity index (χ0v) is 12.8. The van der Waals surface area contributed by atoms with Gasteiger partial charge in [0.1, 0.15) is 4.32 Å². The minimum absolute atomic E-state index is 0.0825. The topological polar surface area (TPSA) is 32.3 Å². The Labute approximate surface area is 127 Å². The van der Waals surface area contributed by atoms with Crippen molar-refractivity contribution < 1.29 is 4.79 Å². The summed E-state index contributed by atoms with van der Waals surface area (Å²) in [6.45, 7) is 3.74. The van der Waals surface area contributed by atoms with E-state index in [0.717, 1.165) is 30.5 Å². The second-order valence-electron chi connectivity index (χ2n) is 4.22. The number of piperazine rings is 1. The molecule has 2 rings (SSSR count). The standard InChI is InChI=1S/C13H15ClN2OS2/c14-11-3-1-10(2-4-11)12(17)9-19-13(18)16-7-5-15-6-8-16/h1-4,15H,5-9H2. The maximum Gasteiger partial charge on any atom is 0.173 e. The van der Waals surface area contributed by atoms with Gasteiger partial charge in [0.2, 0.25) is 0 Å². The molecule has 0 aromatic heterocycles. The maximum absolute atomic E-state index is 12.0. The zero-order chi connectivity index (χ0) is 13.7. The van der Waals surface area contributed by atoms with E-state index in [0.29, 0.717) is 16.3 Å². The van der Waals surface area contributed by atoms with E-state index in [1.807, 2.05) is 0 Å². The number of benzene rings is 1. The van der Waals surface area contributed by atoms with E-state index in [9.17, 15) is 4.79 Å². The van der Waals surface area contributed by atoms with Crippen LogP contribution >= 0.6 is 35.6 Å². The second kappa shape index (κ2) is 7.24. The number of ketones is 1. The largest absolute Gasteiger partial charge is 0.355 e. The molecule has 1 heterocycles. The number of rotatable bonds is 3. The Bertz CT molecular complexity index is 458. The summed E-state index contributed by atoms with van der Waals surface area (Å²) in [6.07, 6.45) is 0. The summed E-state index contributed by atoms with van der Waals surface area (Å²) in [5.41, 5.74) is 0.681. The molecule has 0 spiro atoms. The van der Waals surface area contributed by atoms with Gasteiger partial charge >= 0.3 is 0 Å². The van der Waals surface area contributed by atoms with Crippen molar-refractivity contribution in [2.75, 3.05) is 31.9 Å². The van der Waals surface area contributed by atoms with Crippen LogP contribution in [-0.4, -0.2) is 46.9 Å². The van der Waals surface area contributed by atoms with Gasteiger partial charge in [-0.15, -0.1) is 0 Å². The van der Waals surface area contributed by atoms with Crippen LogP contribution in [0, 0.1) is 0 Å². The number of carbonyl (C=O) groups is 1. The highest BCUT2D eigenvalue weighted by molar-refractivity contribution is 8.23. The Morgan fingerprint density at radius 1 is 1.32 bits per heavy atom. The third kappa shape index (κ3) is 4.45. The van der Waals surface area contributed by atoms with Crippen molar-refractivity contribution in [3.05, 3.63) is 34.9 Å². The van der Waals surface area contributed by atoms with E-state index in [4.69, 9.17) is 23.8 Å². The Balaban J connectivity index is 1.82. The van der Waals surface area contributed by atoms with Gasteiger partial charge in [0.05, 0.1) is 5.75 Å². The average Bonchev–Trinajstić information content (AvgIpc) is 2.46. The van der Waals surface area contributed by atoms with Gasteiger partial charge in [-0.2, -0.15) is 0 Å². The maximum atomic E-state index is 12.0. The van der Waals surface area contributed by atoms with Gasteiger partial charge in [-0.05, 0) is 24.3 Å². The van der Waals surface area contributed by atoms with Crippen LogP contribution in [-0.2, 0) is 0 Å². The van der Waals surface area contributed by atoms with E-state index >= 15 is 0 Å². The monoisotopic (exact) mass is 314 g/mol. The lowest BCUT2D eigenvalue weighted by atomic mass is 10.1. The molecule has 1 aromatic carbocycles. The average molecular weight is 315 g/mol. The van der Waals surface area contributed by atoms with Crippen molar-refractivity contribution in [3.63, 3.8) is 0 Å². The molecule has 1 aromatic rings. The normalized spacial score (nSPS) is 15.3. The summed E-state index contributed by atoms with van der Waals surface area (Å²) in [7, 11) is 0. The predicted molar refractivity (Wildman–Crippen MR) is 85.3 cm³/mol. The van der Waals surface area contributed by atoms with Crippen molar-refractivity contribution >= 4 is 45.7 Å². The van der Waals surface area contributed by atoms with Crippen LogP contribution in [0.1, 0.15) is 10.4 Å². The molecule has 1 aliphatic heterocycles. The summed E-state index contributed by atoms with van der Waals surface area (Å²) >= 11 is 12.6. The van der Waals surface area contributed by atoms with Gasteiger partial charge in [-0.1, -0.05) is 35.6 Å². The second-order valence-corrected chi connectivity index (χ2v) is 6.27. The summed E-state index contributed by atoms with van der Waals surface area (Å²) in [5.74, 6) is 0.462. The zero-order valence-electron chi connectivity index (χ0n) is 10.4. The van der Waals surface area contributed by atoms with E-state index in [2.05, 4.69) is 10.2 Å². The number of nitrogens with zero attached hydrogens (tertiary/aromatic N) is 1. The van der Waals surface area contributed by atoms with Crippen molar-refractivity contribution in [3.8, 4) is 0 Å². The van der Waals surface area contributed by atoms with Gasteiger partial charge in [-0.25, -0.2) is 0 Å². The Kier molecular flexibility index (Phi) is 5.63. The Morgan fingerprint density at radius 3 is 2.58 bits per heavy atom. The number of Topliss-reactive ketones (excluding diaryl/α,β-unsaturated/α-hetero) is 1. The number of hydrogen-bond donors (Lipinski definition) is 1. The number of nitrogens with one attached hydrogen (secondary N) is 1. The smallest absolute Gasteiger partial charge is 0.173 e. The molecular formula is C13H15ClN2OS2. The highest BCUT2D eigenvalue weighted by Crippen LogP contribution is 2.15. The van der Waals surface area contributed by atoms with Gasteiger partial charge in [0.25, 0.3) is 0 Å². The van der Waals surface area contributed by atoms with Gasteiger partial charge < -0.3 is 10.2 Å². The van der Waals surface area contributed by atoms with Gasteiger partial charge in [-0.3, -0.25) is 4.79 Å². The predicted octanol–water partition coefficient (Wildman–Crippen LogP) is 2.45. The molecular weight excluding hydrogens is 300 g/mol. The molecule has 0 aliphatic carbocycles. The molecule has 19 heavy (non-hydrogen) atoms. The third-order valence-electron chi connectivity index (χ3n) is 2.87. The lowest BCUT2D eigenvalue weighted by molar-refractivity contribution is 0.102. The number of halogens is 1. The fourth-order valence-corrected chi connectivity index (χ4v) is 3.06. The quantitative estimate of drug-likeness (QED) is 0.684. The highest BCUT2D eigenvalue weighted by Gasteiger charge is 2.15. The Morgan fingerprint density at radius 2 is 1.95 bits per heavy atom. The fourth-order valence-electron chi connectivity index (χ4n) is 1.79. The molecule has 6 heteroatoms. The summed E-state index contributed by atoms with van der Waals surface area (Å²) in [4.78, 5) is 14.1.